The average molecular weight is 323 g/mol. The van der Waals surface area contributed by atoms with Crippen LogP contribution in [0.4, 0.5) is 0 Å². The van der Waals surface area contributed by atoms with E-state index in [1.165, 1.54) is 16.9 Å². The molecule has 116 valence electrons. The molecule has 2 aromatic heterocycles. The smallest absolute Gasteiger partial charge is 0.262 e. The zero-order chi connectivity index (χ0) is 16.4. The van der Waals surface area contributed by atoms with Crippen LogP contribution in [0.2, 0.25) is 0 Å². The second kappa shape index (κ2) is 6.35. The number of unbranched alkanes of at least 4 members (excludes halogenated alkanes) is 1. The third-order valence-corrected chi connectivity index (χ3v) is 4.79. The van der Waals surface area contributed by atoms with Crippen LogP contribution in [0.15, 0.2) is 34.4 Å². The standard InChI is InChI=1S/C18H17N3OS/c1-12-5-7-14(8-6-12)15-11-23-17-16(15)18(22)21(13(2)20-17)10-4-3-9-19/h5-8,11H,3-4,10H2,1-2H3. The van der Waals surface area contributed by atoms with Gasteiger partial charge in [0.1, 0.15) is 10.7 Å². The van der Waals surface area contributed by atoms with Gasteiger partial charge in [0.25, 0.3) is 5.56 Å². The number of hydrogen-bond acceptors (Lipinski definition) is 4. The van der Waals surface area contributed by atoms with Crippen molar-refractivity contribution in [1.29, 1.82) is 5.26 Å². The van der Waals surface area contributed by atoms with Crippen LogP contribution in [-0.2, 0) is 6.54 Å². The molecule has 3 rings (SSSR count). The minimum atomic E-state index is -0.0118. The van der Waals surface area contributed by atoms with Crippen LogP contribution in [0.1, 0.15) is 24.2 Å². The van der Waals surface area contributed by atoms with Gasteiger partial charge in [-0.05, 0) is 25.8 Å². The zero-order valence-electron chi connectivity index (χ0n) is 13.2. The highest BCUT2D eigenvalue weighted by Gasteiger charge is 2.15. The van der Waals surface area contributed by atoms with E-state index in [1.54, 1.807) is 4.57 Å². The van der Waals surface area contributed by atoms with Gasteiger partial charge in [0.15, 0.2) is 0 Å². The molecule has 0 aliphatic carbocycles. The van der Waals surface area contributed by atoms with Crippen molar-refractivity contribution in [1.82, 2.24) is 9.55 Å². The quantitative estimate of drug-likeness (QED) is 0.681. The molecule has 0 unspecified atom stereocenters. The first-order chi connectivity index (χ1) is 11.1. The molecule has 5 heteroatoms. The van der Waals surface area contributed by atoms with E-state index in [4.69, 9.17) is 5.26 Å². The summed E-state index contributed by atoms with van der Waals surface area (Å²) in [6, 6.07) is 10.3. The Labute approximate surface area is 138 Å². The normalized spacial score (nSPS) is 10.8. The van der Waals surface area contributed by atoms with Crippen LogP contribution in [0, 0.1) is 25.2 Å². The van der Waals surface area contributed by atoms with Crippen LogP contribution < -0.4 is 5.56 Å². The molecule has 0 radical (unpaired) electrons. The Kier molecular flexibility index (Phi) is 4.26. The van der Waals surface area contributed by atoms with Crippen LogP contribution >= 0.6 is 11.3 Å². The van der Waals surface area contributed by atoms with Crippen LogP contribution in [0.5, 0.6) is 0 Å². The van der Waals surface area contributed by atoms with E-state index < -0.39 is 0 Å². The fourth-order valence-corrected chi connectivity index (χ4v) is 3.63. The summed E-state index contributed by atoms with van der Waals surface area (Å²) in [5, 5.41) is 11.4. The van der Waals surface area contributed by atoms with Crippen molar-refractivity contribution in [2.24, 2.45) is 0 Å². The summed E-state index contributed by atoms with van der Waals surface area (Å²) in [6.45, 7) is 4.42. The lowest BCUT2D eigenvalue weighted by atomic mass is 10.0. The van der Waals surface area contributed by atoms with Gasteiger partial charge in [0.2, 0.25) is 0 Å². The summed E-state index contributed by atoms with van der Waals surface area (Å²) in [4.78, 5) is 18.3. The number of thiophene rings is 1. The van der Waals surface area contributed by atoms with Gasteiger partial charge in [-0.2, -0.15) is 5.26 Å². The van der Waals surface area contributed by atoms with Crippen molar-refractivity contribution in [3.63, 3.8) is 0 Å². The van der Waals surface area contributed by atoms with E-state index in [-0.39, 0.29) is 5.56 Å². The molecule has 23 heavy (non-hydrogen) atoms. The molecule has 1 aromatic carbocycles. The van der Waals surface area contributed by atoms with Gasteiger partial charge in [-0.25, -0.2) is 4.98 Å². The van der Waals surface area contributed by atoms with Crippen LogP contribution in [-0.4, -0.2) is 9.55 Å². The summed E-state index contributed by atoms with van der Waals surface area (Å²) in [5.74, 6) is 0.706. The highest BCUT2D eigenvalue weighted by atomic mass is 32.1. The Morgan fingerprint density at radius 3 is 2.70 bits per heavy atom. The molecular weight excluding hydrogens is 306 g/mol. The largest absolute Gasteiger partial charge is 0.296 e. The SMILES string of the molecule is Cc1ccc(-c2csc3nc(C)n(CCCC#N)c(=O)c23)cc1. The number of rotatable bonds is 4. The summed E-state index contributed by atoms with van der Waals surface area (Å²) >= 11 is 1.50. The van der Waals surface area contributed by atoms with Gasteiger partial charge in [-0.3, -0.25) is 9.36 Å². The molecule has 0 spiro atoms. The first-order valence-corrected chi connectivity index (χ1v) is 8.42. The Balaban J connectivity index is 2.15. The maximum absolute atomic E-state index is 12.9. The van der Waals surface area contributed by atoms with Crippen molar-refractivity contribution in [2.75, 3.05) is 0 Å². The number of benzene rings is 1. The highest BCUT2D eigenvalue weighted by molar-refractivity contribution is 7.17. The average Bonchev–Trinajstić information content (AvgIpc) is 2.95. The number of nitriles is 1. The minimum Gasteiger partial charge on any atom is -0.296 e. The van der Waals surface area contributed by atoms with Crippen molar-refractivity contribution in [2.45, 2.75) is 33.2 Å². The topological polar surface area (TPSA) is 58.7 Å². The maximum Gasteiger partial charge on any atom is 0.262 e. The summed E-state index contributed by atoms with van der Waals surface area (Å²) < 4.78 is 1.68. The molecule has 0 N–H and O–H groups in total. The third-order valence-electron chi connectivity index (χ3n) is 3.92. The van der Waals surface area contributed by atoms with E-state index in [1.807, 2.05) is 43.5 Å². The molecule has 2 heterocycles. The molecule has 3 aromatic rings. The summed E-state index contributed by atoms with van der Waals surface area (Å²) in [6.07, 6.45) is 1.10. The van der Waals surface area contributed by atoms with Gasteiger partial charge in [-0.1, -0.05) is 29.8 Å². The number of hydrogen-bond donors (Lipinski definition) is 0. The number of fused-ring (bicyclic) bond motifs is 1. The predicted octanol–water partition coefficient (Wildman–Crippen LogP) is 4.05. The number of nitrogens with zero attached hydrogens (tertiary/aromatic N) is 3. The lowest BCUT2D eigenvalue weighted by Gasteiger charge is -2.09. The van der Waals surface area contributed by atoms with Gasteiger partial charge in [-0.15, -0.1) is 11.3 Å². The monoisotopic (exact) mass is 323 g/mol. The molecule has 0 aliphatic heterocycles. The van der Waals surface area contributed by atoms with Crippen molar-refractivity contribution >= 4 is 21.6 Å². The third kappa shape index (κ3) is 2.90. The van der Waals surface area contributed by atoms with E-state index in [0.29, 0.717) is 30.6 Å². The number of aromatic nitrogens is 2. The van der Waals surface area contributed by atoms with Gasteiger partial charge < -0.3 is 0 Å². The van der Waals surface area contributed by atoms with Crippen LogP contribution in [0.25, 0.3) is 21.3 Å². The molecule has 0 amide bonds. The van der Waals surface area contributed by atoms with Gasteiger partial charge in [0, 0.05) is 23.9 Å². The first-order valence-electron chi connectivity index (χ1n) is 7.54. The second-order valence-electron chi connectivity index (χ2n) is 5.57. The second-order valence-corrected chi connectivity index (χ2v) is 6.43. The molecule has 0 saturated heterocycles. The molecule has 0 saturated carbocycles. The lowest BCUT2D eigenvalue weighted by Crippen LogP contribution is -2.23. The van der Waals surface area contributed by atoms with Gasteiger partial charge in [0.05, 0.1) is 11.5 Å². The minimum absolute atomic E-state index is 0.0118. The number of aryl methyl sites for hydroxylation is 2. The van der Waals surface area contributed by atoms with Crippen molar-refractivity contribution in [3.05, 3.63) is 51.4 Å². The predicted molar refractivity (Wildman–Crippen MR) is 93.6 cm³/mol. The van der Waals surface area contributed by atoms with E-state index in [2.05, 4.69) is 11.1 Å². The lowest BCUT2D eigenvalue weighted by molar-refractivity contribution is 0.607. The molecular formula is C18H17N3OS. The molecule has 0 aliphatic rings. The van der Waals surface area contributed by atoms with Crippen molar-refractivity contribution < 1.29 is 0 Å². The van der Waals surface area contributed by atoms with E-state index in [0.717, 1.165) is 16.0 Å². The van der Waals surface area contributed by atoms with Gasteiger partial charge >= 0.3 is 0 Å². The van der Waals surface area contributed by atoms with E-state index >= 15 is 0 Å². The summed E-state index contributed by atoms with van der Waals surface area (Å²) in [5.41, 5.74) is 3.16. The maximum atomic E-state index is 12.9. The zero-order valence-corrected chi connectivity index (χ0v) is 14.0. The fourth-order valence-electron chi connectivity index (χ4n) is 2.65. The molecule has 0 fully saturated rings. The fraction of sp³-hybridized carbons (Fsp3) is 0.278. The van der Waals surface area contributed by atoms with E-state index in [9.17, 15) is 4.79 Å². The highest BCUT2D eigenvalue weighted by Crippen LogP contribution is 2.31. The summed E-state index contributed by atoms with van der Waals surface area (Å²) in [7, 11) is 0. The Morgan fingerprint density at radius 2 is 2.00 bits per heavy atom. The molecule has 0 bridgehead atoms. The first kappa shape index (κ1) is 15.4. The molecule has 0 atom stereocenters. The Hall–Kier alpha value is -2.45. The Morgan fingerprint density at radius 1 is 1.26 bits per heavy atom. The Bertz CT molecular complexity index is 945. The molecule has 4 nitrogen and oxygen atoms in total. The van der Waals surface area contributed by atoms with Crippen molar-refractivity contribution in [3.8, 4) is 17.2 Å². The van der Waals surface area contributed by atoms with Crippen LogP contribution in [0.3, 0.4) is 0 Å².